The summed E-state index contributed by atoms with van der Waals surface area (Å²) < 4.78 is 11.7. The van der Waals surface area contributed by atoms with Crippen molar-refractivity contribution >= 4 is 11.8 Å². The van der Waals surface area contributed by atoms with Gasteiger partial charge in [0.15, 0.2) is 0 Å². The molecule has 32 heavy (non-hydrogen) atoms. The number of amides is 2. The third-order valence-electron chi connectivity index (χ3n) is 5.85. The van der Waals surface area contributed by atoms with Crippen molar-refractivity contribution in [2.75, 3.05) is 26.3 Å². The molecule has 3 rings (SSSR count). The number of hydrogen-bond donors (Lipinski definition) is 3. The first kappa shape index (κ1) is 24.2. The summed E-state index contributed by atoms with van der Waals surface area (Å²) in [6.45, 7) is 6.52. The van der Waals surface area contributed by atoms with Gasteiger partial charge >= 0.3 is 0 Å². The Kier molecular flexibility index (Phi) is 8.28. The largest absolute Gasteiger partial charge is 0.486 e. The fraction of sp³-hybridized carbons (Fsp3) is 0.583. The average Bonchev–Trinajstić information content (AvgIpc) is 3.18. The molecule has 2 aliphatic rings. The molecule has 1 aliphatic heterocycles. The Balaban J connectivity index is 1.93. The van der Waals surface area contributed by atoms with Crippen molar-refractivity contribution < 1.29 is 29.3 Å². The zero-order valence-electron chi connectivity index (χ0n) is 19.0. The Morgan fingerprint density at radius 1 is 1.28 bits per heavy atom. The SMILES string of the molecule is CCC(=O)N(CCCOC(C)C)[C@@H]1C=C(C(=O)NCCO)[C@@H]2c3ccccc3O[C@@H]2[C@H]1O. The normalized spacial score (nSPS) is 23.8. The Morgan fingerprint density at radius 3 is 2.72 bits per heavy atom. The van der Waals surface area contributed by atoms with Crippen LogP contribution in [0, 0.1) is 0 Å². The summed E-state index contributed by atoms with van der Waals surface area (Å²) in [5.74, 6) is -0.266. The molecule has 0 bridgehead atoms. The first-order valence-electron chi connectivity index (χ1n) is 11.3. The highest BCUT2D eigenvalue weighted by Crippen LogP contribution is 2.47. The number of carbonyl (C=O) groups excluding carboxylic acids is 2. The van der Waals surface area contributed by atoms with E-state index in [9.17, 15) is 14.7 Å². The molecule has 8 nitrogen and oxygen atoms in total. The molecule has 8 heteroatoms. The zero-order valence-corrected chi connectivity index (χ0v) is 19.0. The molecule has 0 saturated heterocycles. The summed E-state index contributed by atoms with van der Waals surface area (Å²) in [4.78, 5) is 27.4. The molecule has 176 valence electrons. The Bertz CT molecular complexity index is 840. The lowest BCUT2D eigenvalue weighted by Gasteiger charge is -2.40. The van der Waals surface area contributed by atoms with Gasteiger partial charge in [-0.1, -0.05) is 25.1 Å². The minimum Gasteiger partial charge on any atom is -0.486 e. The molecule has 0 radical (unpaired) electrons. The van der Waals surface area contributed by atoms with Crippen LogP contribution in [0.25, 0.3) is 0 Å². The minimum absolute atomic E-state index is 0.0958. The van der Waals surface area contributed by atoms with Crippen LogP contribution in [0.15, 0.2) is 35.9 Å². The van der Waals surface area contributed by atoms with Crippen molar-refractivity contribution in [3.8, 4) is 5.75 Å². The molecule has 0 unspecified atom stereocenters. The lowest BCUT2D eigenvalue weighted by atomic mass is 9.77. The number of nitrogens with one attached hydrogen (secondary N) is 1. The Labute approximate surface area is 189 Å². The predicted molar refractivity (Wildman–Crippen MR) is 119 cm³/mol. The molecule has 0 fully saturated rings. The molecule has 1 heterocycles. The van der Waals surface area contributed by atoms with E-state index in [0.717, 1.165) is 5.56 Å². The molecule has 1 aromatic carbocycles. The van der Waals surface area contributed by atoms with Gasteiger partial charge in [0.1, 0.15) is 18.0 Å². The van der Waals surface area contributed by atoms with Crippen LogP contribution in [0.4, 0.5) is 0 Å². The summed E-state index contributed by atoms with van der Waals surface area (Å²) in [5.41, 5.74) is 1.27. The zero-order chi connectivity index (χ0) is 23.3. The van der Waals surface area contributed by atoms with E-state index < -0.39 is 24.2 Å². The summed E-state index contributed by atoms with van der Waals surface area (Å²) in [6.07, 6.45) is 1.00. The van der Waals surface area contributed by atoms with E-state index in [1.54, 1.807) is 17.9 Å². The molecule has 0 spiro atoms. The van der Waals surface area contributed by atoms with Gasteiger partial charge in [0.2, 0.25) is 11.8 Å². The number of carbonyl (C=O) groups is 2. The number of hydrogen-bond acceptors (Lipinski definition) is 6. The van der Waals surface area contributed by atoms with E-state index in [1.807, 2.05) is 38.1 Å². The van der Waals surface area contributed by atoms with Gasteiger partial charge in [0.05, 0.1) is 24.7 Å². The fourth-order valence-electron chi connectivity index (χ4n) is 4.39. The van der Waals surface area contributed by atoms with Gasteiger partial charge in [-0.15, -0.1) is 0 Å². The van der Waals surface area contributed by atoms with E-state index in [-0.39, 0.29) is 37.5 Å². The lowest BCUT2D eigenvalue weighted by molar-refractivity contribution is -0.137. The maximum absolute atomic E-state index is 13.0. The van der Waals surface area contributed by atoms with E-state index in [2.05, 4.69) is 5.32 Å². The standard InChI is InChI=1S/C24H34N2O6/c1-4-20(28)26(11-7-13-31-15(2)3)18-14-17(24(30)25-10-12-27)21-16-8-5-6-9-19(16)32-23(21)22(18)29/h5-6,8-9,14-15,18,21-23,27,29H,4,7,10-13H2,1-3H3,(H,25,30)/t18-,21+,22+,23+/m1/s1. The smallest absolute Gasteiger partial charge is 0.247 e. The fourth-order valence-corrected chi connectivity index (χ4v) is 4.39. The van der Waals surface area contributed by atoms with Crippen LogP contribution in [-0.2, 0) is 14.3 Å². The predicted octanol–water partition coefficient (Wildman–Crippen LogP) is 1.36. The summed E-state index contributed by atoms with van der Waals surface area (Å²) in [5, 5.41) is 23.1. The van der Waals surface area contributed by atoms with Gasteiger partial charge in [0, 0.05) is 37.3 Å². The van der Waals surface area contributed by atoms with Crippen molar-refractivity contribution in [2.24, 2.45) is 0 Å². The second-order valence-corrected chi connectivity index (χ2v) is 8.39. The van der Waals surface area contributed by atoms with Gasteiger partial charge in [-0.25, -0.2) is 0 Å². The van der Waals surface area contributed by atoms with Crippen molar-refractivity contribution in [2.45, 2.75) is 63.9 Å². The number of benzene rings is 1. The van der Waals surface area contributed by atoms with Gasteiger partial charge in [-0.3, -0.25) is 9.59 Å². The molecule has 0 aromatic heterocycles. The molecule has 0 saturated carbocycles. The summed E-state index contributed by atoms with van der Waals surface area (Å²) in [7, 11) is 0. The number of nitrogens with zero attached hydrogens (tertiary/aromatic N) is 1. The molecule has 1 aromatic rings. The van der Waals surface area contributed by atoms with Gasteiger partial charge in [-0.05, 0) is 32.4 Å². The molecular weight excluding hydrogens is 412 g/mol. The van der Waals surface area contributed by atoms with Gasteiger partial charge < -0.3 is 29.9 Å². The first-order chi connectivity index (χ1) is 15.4. The van der Waals surface area contributed by atoms with Gasteiger partial charge in [0.25, 0.3) is 0 Å². The number of para-hydroxylation sites is 1. The van der Waals surface area contributed by atoms with Crippen LogP contribution in [-0.4, -0.2) is 77.6 Å². The summed E-state index contributed by atoms with van der Waals surface area (Å²) in [6, 6.07) is 6.71. The van der Waals surface area contributed by atoms with E-state index in [0.29, 0.717) is 30.9 Å². The highest BCUT2D eigenvalue weighted by molar-refractivity contribution is 5.96. The maximum Gasteiger partial charge on any atom is 0.247 e. The van der Waals surface area contributed by atoms with E-state index in [4.69, 9.17) is 14.6 Å². The van der Waals surface area contributed by atoms with Crippen molar-refractivity contribution in [1.82, 2.24) is 10.2 Å². The van der Waals surface area contributed by atoms with Crippen LogP contribution in [0.3, 0.4) is 0 Å². The highest BCUT2D eigenvalue weighted by atomic mass is 16.5. The Hall–Kier alpha value is -2.42. The Morgan fingerprint density at radius 2 is 2.03 bits per heavy atom. The van der Waals surface area contributed by atoms with Crippen molar-refractivity contribution in [1.29, 1.82) is 0 Å². The number of fused-ring (bicyclic) bond motifs is 3. The third-order valence-corrected chi connectivity index (χ3v) is 5.85. The third kappa shape index (κ3) is 5.14. The van der Waals surface area contributed by atoms with Crippen LogP contribution in [0.2, 0.25) is 0 Å². The number of ether oxygens (including phenoxy) is 2. The second kappa shape index (κ2) is 10.9. The molecule has 4 atom stereocenters. The second-order valence-electron chi connectivity index (χ2n) is 8.39. The topological polar surface area (TPSA) is 108 Å². The average molecular weight is 447 g/mol. The maximum atomic E-state index is 13.0. The number of aliphatic hydroxyl groups excluding tert-OH is 2. The molecule has 3 N–H and O–H groups in total. The van der Waals surface area contributed by atoms with Crippen molar-refractivity contribution in [3.63, 3.8) is 0 Å². The van der Waals surface area contributed by atoms with E-state index in [1.165, 1.54) is 0 Å². The molecule has 1 aliphatic carbocycles. The number of rotatable bonds is 10. The minimum atomic E-state index is -0.997. The van der Waals surface area contributed by atoms with Crippen LogP contribution >= 0.6 is 0 Å². The number of aliphatic hydroxyl groups is 2. The van der Waals surface area contributed by atoms with Crippen molar-refractivity contribution in [3.05, 3.63) is 41.5 Å². The van der Waals surface area contributed by atoms with Crippen LogP contribution in [0.1, 0.15) is 45.1 Å². The lowest BCUT2D eigenvalue weighted by Crippen LogP contribution is -2.56. The molecular formula is C24H34N2O6. The highest BCUT2D eigenvalue weighted by Gasteiger charge is 2.50. The molecule has 2 amide bonds. The first-order valence-corrected chi connectivity index (χ1v) is 11.3. The van der Waals surface area contributed by atoms with Gasteiger partial charge in [-0.2, -0.15) is 0 Å². The summed E-state index contributed by atoms with van der Waals surface area (Å²) >= 11 is 0. The van der Waals surface area contributed by atoms with Crippen LogP contribution in [0.5, 0.6) is 5.75 Å². The van der Waals surface area contributed by atoms with E-state index >= 15 is 0 Å². The van der Waals surface area contributed by atoms with Crippen LogP contribution < -0.4 is 10.1 Å². The monoisotopic (exact) mass is 446 g/mol. The quantitative estimate of drug-likeness (QED) is 0.469.